The fraction of sp³-hybridized carbons (Fsp3) is 0.333. The quantitative estimate of drug-likeness (QED) is 0.870. The number of methoxy groups -OCH3 is 1. The molecule has 0 aliphatic carbocycles. The van der Waals surface area contributed by atoms with Crippen molar-refractivity contribution in [2.24, 2.45) is 5.73 Å². The van der Waals surface area contributed by atoms with E-state index >= 15 is 0 Å². The summed E-state index contributed by atoms with van der Waals surface area (Å²) < 4.78 is 5.38. The highest BCUT2D eigenvalue weighted by molar-refractivity contribution is 5.94. The topological polar surface area (TPSA) is 68.5 Å². The van der Waals surface area contributed by atoms with Crippen molar-refractivity contribution in [2.75, 3.05) is 14.2 Å². The molecule has 5 nitrogen and oxygen atoms in total. The molecule has 0 saturated heterocycles. The Morgan fingerprint density at radius 3 is 2.71 bits per heavy atom. The molecule has 24 heavy (non-hydrogen) atoms. The summed E-state index contributed by atoms with van der Waals surface area (Å²) in [5.74, 6) is 0.805. The van der Waals surface area contributed by atoms with Crippen LogP contribution in [0.3, 0.4) is 0 Å². The van der Waals surface area contributed by atoms with Crippen molar-refractivity contribution < 1.29 is 9.53 Å². The van der Waals surface area contributed by atoms with E-state index in [-0.39, 0.29) is 24.4 Å². The number of hydrogen-bond acceptors (Lipinski definition) is 4. The van der Waals surface area contributed by atoms with E-state index in [2.05, 4.69) is 4.98 Å². The van der Waals surface area contributed by atoms with E-state index in [9.17, 15) is 4.79 Å². The maximum absolute atomic E-state index is 12.6. The van der Waals surface area contributed by atoms with Crippen LogP contribution in [0.2, 0.25) is 0 Å². The number of nitrogens with zero attached hydrogens (tertiary/aromatic N) is 2. The van der Waals surface area contributed by atoms with Crippen molar-refractivity contribution in [3.05, 3.63) is 59.4 Å². The van der Waals surface area contributed by atoms with Gasteiger partial charge in [0.15, 0.2) is 0 Å². The summed E-state index contributed by atoms with van der Waals surface area (Å²) in [4.78, 5) is 18.5. The van der Waals surface area contributed by atoms with Crippen molar-refractivity contribution >= 4 is 18.3 Å². The van der Waals surface area contributed by atoms with E-state index in [1.54, 1.807) is 30.3 Å². The van der Waals surface area contributed by atoms with Gasteiger partial charge in [-0.3, -0.25) is 9.78 Å². The number of pyridine rings is 1. The number of benzene rings is 1. The number of likely N-dealkylation sites (N-methyl/N-ethyl adjacent to an activating group) is 1. The van der Waals surface area contributed by atoms with E-state index in [0.717, 1.165) is 17.7 Å². The minimum absolute atomic E-state index is 0. The molecule has 0 spiro atoms. The van der Waals surface area contributed by atoms with Gasteiger partial charge in [0.25, 0.3) is 5.91 Å². The fourth-order valence-corrected chi connectivity index (χ4v) is 2.45. The fourth-order valence-electron chi connectivity index (χ4n) is 2.45. The first kappa shape index (κ1) is 19.9. The van der Waals surface area contributed by atoms with Crippen LogP contribution in [0.25, 0.3) is 0 Å². The number of carbonyl (C=O) groups excluding carboxylic acids is 1. The first-order chi connectivity index (χ1) is 11.1. The van der Waals surface area contributed by atoms with Crippen LogP contribution >= 0.6 is 12.4 Å². The number of ether oxygens (including phenoxy) is 1. The molecular formula is C18H24ClN3O2. The molecule has 0 fully saturated rings. The largest absolute Gasteiger partial charge is 0.496 e. The first-order valence-corrected chi connectivity index (χ1v) is 7.60. The van der Waals surface area contributed by atoms with Gasteiger partial charge in [-0.05, 0) is 37.1 Å². The summed E-state index contributed by atoms with van der Waals surface area (Å²) >= 11 is 0. The molecule has 0 bridgehead atoms. The number of rotatable bonds is 6. The number of amides is 1. The third-order valence-electron chi connectivity index (χ3n) is 3.96. The second-order valence-corrected chi connectivity index (χ2v) is 5.52. The lowest BCUT2D eigenvalue weighted by Gasteiger charge is -2.26. The highest BCUT2D eigenvalue weighted by Crippen LogP contribution is 2.20. The van der Waals surface area contributed by atoms with Crippen LogP contribution < -0.4 is 10.5 Å². The lowest BCUT2D eigenvalue weighted by molar-refractivity contribution is 0.0742. The molecule has 0 radical (unpaired) electrons. The Hall–Kier alpha value is -2.11. The first-order valence-electron chi connectivity index (χ1n) is 7.60. The number of hydrogen-bond donors (Lipinski definition) is 1. The van der Waals surface area contributed by atoms with Crippen LogP contribution in [0.15, 0.2) is 42.6 Å². The molecule has 0 aliphatic rings. The zero-order chi connectivity index (χ0) is 16.8. The molecule has 0 aliphatic heterocycles. The van der Waals surface area contributed by atoms with Gasteiger partial charge in [0.1, 0.15) is 5.75 Å². The molecule has 0 saturated carbocycles. The summed E-state index contributed by atoms with van der Waals surface area (Å²) in [7, 11) is 3.47. The van der Waals surface area contributed by atoms with Crippen molar-refractivity contribution in [3.8, 4) is 5.75 Å². The molecule has 2 rings (SSSR count). The van der Waals surface area contributed by atoms with Gasteiger partial charge < -0.3 is 15.4 Å². The van der Waals surface area contributed by atoms with E-state index in [1.807, 2.05) is 38.2 Å². The second kappa shape index (κ2) is 9.25. The third-order valence-corrected chi connectivity index (χ3v) is 3.96. The summed E-state index contributed by atoms with van der Waals surface area (Å²) in [6.07, 6.45) is 2.34. The van der Waals surface area contributed by atoms with Crippen LogP contribution in [0, 0.1) is 0 Å². The molecule has 1 heterocycles. The smallest absolute Gasteiger partial charge is 0.253 e. The molecular weight excluding hydrogens is 326 g/mol. The van der Waals surface area contributed by atoms with E-state index < -0.39 is 0 Å². The minimum atomic E-state index is -0.0375. The van der Waals surface area contributed by atoms with E-state index in [0.29, 0.717) is 17.8 Å². The van der Waals surface area contributed by atoms with Gasteiger partial charge in [-0.1, -0.05) is 18.2 Å². The third kappa shape index (κ3) is 4.69. The number of halogens is 1. The van der Waals surface area contributed by atoms with Crippen LogP contribution in [0.4, 0.5) is 0 Å². The molecule has 1 unspecified atom stereocenters. The molecule has 1 amide bonds. The summed E-state index contributed by atoms with van der Waals surface area (Å²) in [5.41, 5.74) is 7.99. The van der Waals surface area contributed by atoms with Crippen LogP contribution in [0.1, 0.15) is 28.5 Å². The normalized spacial score (nSPS) is 11.3. The van der Waals surface area contributed by atoms with Gasteiger partial charge >= 0.3 is 0 Å². The predicted molar refractivity (Wildman–Crippen MR) is 97.6 cm³/mol. The number of carbonyl (C=O) groups is 1. The summed E-state index contributed by atoms with van der Waals surface area (Å²) in [5, 5.41) is 0. The SMILES string of the molecule is COc1ccccc1CC(C)N(C)C(=O)c1ccnc(CN)c1.Cl. The standard InChI is InChI=1S/C18H23N3O2.ClH/c1-13(10-14-6-4-5-7-17(14)23-3)21(2)18(22)15-8-9-20-16(11-15)12-19;/h4-9,11,13H,10,12,19H2,1-3H3;1H. The molecule has 2 aromatic rings. The zero-order valence-electron chi connectivity index (χ0n) is 14.2. The molecule has 1 aromatic carbocycles. The summed E-state index contributed by atoms with van der Waals surface area (Å²) in [6.45, 7) is 2.34. The van der Waals surface area contributed by atoms with Crippen molar-refractivity contribution in [2.45, 2.75) is 25.9 Å². The molecule has 2 N–H and O–H groups in total. The Morgan fingerprint density at radius 1 is 1.33 bits per heavy atom. The number of nitrogens with two attached hydrogens (primary N) is 1. The van der Waals surface area contributed by atoms with Gasteiger partial charge in [-0.2, -0.15) is 0 Å². The lowest BCUT2D eigenvalue weighted by atomic mass is 10.0. The Kier molecular flexibility index (Phi) is 7.68. The van der Waals surface area contributed by atoms with Crippen LogP contribution in [-0.2, 0) is 13.0 Å². The van der Waals surface area contributed by atoms with Crippen molar-refractivity contribution in [1.29, 1.82) is 0 Å². The lowest BCUT2D eigenvalue weighted by Crippen LogP contribution is -2.36. The minimum Gasteiger partial charge on any atom is -0.496 e. The Bertz CT molecular complexity index is 679. The zero-order valence-corrected chi connectivity index (χ0v) is 15.0. The Labute approximate surface area is 149 Å². The maximum Gasteiger partial charge on any atom is 0.253 e. The number of aromatic nitrogens is 1. The molecule has 130 valence electrons. The highest BCUT2D eigenvalue weighted by atomic mass is 35.5. The maximum atomic E-state index is 12.6. The van der Waals surface area contributed by atoms with Gasteiger partial charge in [-0.15, -0.1) is 12.4 Å². The van der Waals surface area contributed by atoms with Crippen LogP contribution in [0.5, 0.6) is 5.75 Å². The number of para-hydroxylation sites is 1. The van der Waals surface area contributed by atoms with Crippen molar-refractivity contribution in [3.63, 3.8) is 0 Å². The monoisotopic (exact) mass is 349 g/mol. The van der Waals surface area contributed by atoms with Gasteiger partial charge in [0.2, 0.25) is 0 Å². The highest BCUT2D eigenvalue weighted by Gasteiger charge is 2.19. The summed E-state index contributed by atoms with van der Waals surface area (Å²) in [6, 6.07) is 11.4. The average molecular weight is 350 g/mol. The van der Waals surface area contributed by atoms with Crippen molar-refractivity contribution in [1.82, 2.24) is 9.88 Å². The van der Waals surface area contributed by atoms with E-state index in [4.69, 9.17) is 10.5 Å². The molecule has 1 atom stereocenters. The molecule has 1 aromatic heterocycles. The van der Waals surface area contributed by atoms with Crippen LogP contribution in [-0.4, -0.2) is 36.0 Å². The average Bonchev–Trinajstić information content (AvgIpc) is 2.60. The second-order valence-electron chi connectivity index (χ2n) is 5.52. The predicted octanol–water partition coefficient (Wildman–Crippen LogP) is 2.67. The van der Waals surface area contributed by atoms with E-state index in [1.165, 1.54) is 0 Å². The molecule has 6 heteroatoms. The Morgan fingerprint density at radius 2 is 2.04 bits per heavy atom. The Balaban J connectivity index is 0.00000288. The van der Waals surface area contributed by atoms with Gasteiger partial charge in [-0.25, -0.2) is 0 Å². The van der Waals surface area contributed by atoms with Gasteiger partial charge in [0, 0.05) is 31.4 Å². The van der Waals surface area contributed by atoms with Gasteiger partial charge in [0.05, 0.1) is 12.8 Å².